The van der Waals surface area contributed by atoms with Gasteiger partial charge in [-0.25, -0.2) is 9.18 Å². The number of halogens is 1. The average molecular weight is 350 g/mol. The van der Waals surface area contributed by atoms with Gasteiger partial charge in [-0.1, -0.05) is 18.2 Å². The molecule has 1 aromatic rings. The summed E-state index contributed by atoms with van der Waals surface area (Å²) in [7, 11) is 1.69. The number of ether oxygens (including phenoxy) is 1. The Morgan fingerprint density at radius 1 is 1.24 bits per heavy atom. The van der Waals surface area contributed by atoms with Crippen molar-refractivity contribution in [3.63, 3.8) is 0 Å². The minimum Gasteiger partial charge on any atom is -0.444 e. The van der Waals surface area contributed by atoms with E-state index in [1.807, 2.05) is 20.8 Å². The third-order valence-corrected chi connectivity index (χ3v) is 4.24. The van der Waals surface area contributed by atoms with Crippen molar-refractivity contribution in [3.05, 3.63) is 35.6 Å². The number of amides is 2. The Bertz CT molecular complexity index is 619. The zero-order valence-corrected chi connectivity index (χ0v) is 15.4. The standard InChI is InChI=1S/C19H27FN2O3/c1-19(2,3)25-18(24)22-11-9-14(10-12-22)17(23)21(4)13-15-7-5-6-8-16(15)20/h5-8,14H,9-13H2,1-4H3. The molecule has 1 saturated heterocycles. The lowest BCUT2D eigenvalue weighted by molar-refractivity contribution is -0.136. The Morgan fingerprint density at radius 3 is 2.40 bits per heavy atom. The van der Waals surface area contributed by atoms with Crippen molar-refractivity contribution in [1.82, 2.24) is 9.80 Å². The van der Waals surface area contributed by atoms with Crippen molar-refractivity contribution < 1.29 is 18.7 Å². The first kappa shape index (κ1) is 19.2. The zero-order valence-electron chi connectivity index (χ0n) is 15.4. The van der Waals surface area contributed by atoms with E-state index in [1.54, 1.807) is 35.0 Å². The first-order valence-corrected chi connectivity index (χ1v) is 8.63. The van der Waals surface area contributed by atoms with Crippen molar-refractivity contribution in [2.75, 3.05) is 20.1 Å². The maximum Gasteiger partial charge on any atom is 0.410 e. The number of hydrogen-bond acceptors (Lipinski definition) is 3. The molecule has 6 heteroatoms. The fourth-order valence-corrected chi connectivity index (χ4v) is 2.91. The molecule has 1 heterocycles. The molecule has 0 bridgehead atoms. The second-order valence-electron chi connectivity index (χ2n) is 7.53. The van der Waals surface area contributed by atoms with E-state index in [-0.39, 0.29) is 30.3 Å². The zero-order chi connectivity index (χ0) is 18.6. The van der Waals surface area contributed by atoms with Gasteiger partial charge >= 0.3 is 6.09 Å². The van der Waals surface area contributed by atoms with Crippen LogP contribution in [0.5, 0.6) is 0 Å². The maximum absolute atomic E-state index is 13.7. The molecule has 0 aliphatic carbocycles. The number of likely N-dealkylation sites (tertiary alicyclic amines) is 1. The van der Waals surface area contributed by atoms with E-state index < -0.39 is 5.60 Å². The Labute approximate surface area is 148 Å². The van der Waals surface area contributed by atoms with Gasteiger partial charge in [0.05, 0.1) is 0 Å². The molecule has 1 aliphatic heterocycles. The summed E-state index contributed by atoms with van der Waals surface area (Å²) in [6, 6.07) is 6.47. The monoisotopic (exact) mass is 350 g/mol. The number of nitrogens with zero attached hydrogens (tertiary/aromatic N) is 2. The lowest BCUT2D eigenvalue weighted by Crippen LogP contribution is -2.45. The van der Waals surface area contributed by atoms with Crippen LogP contribution in [0.15, 0.2) is 24.3 Å². The van der Waals surface area contributed by atoms with Crippen LogP contribution in [-0.4, -0.2) is 47.5 Å². The van der Waals surface area contributed by atoms with Gasteiger partial charge in [0.25, 0.3) is 0 Å². The molecule has 25 heavy (non-hydrogen) atoms. The van der Waals surface area contributed by atoms with Crippen LogP contribution in [0.25, 0.3) is 0 Å². The largest absolute Gasteiger partial charge is 0.444 e. The maximum atomic E-state index is 13.7. The number of piperidine rings is 1. The Hall–Kier alpha value is -2.11. The summed E-state index contributed by atoms with van der Waals surface area (Å²) >= 11 is 0. The van der Waals surface area contributed by atoms with Gasteiger partial charge in [-0.15, -0.1) is 0 Å². The van der Waals surface area contributed by atoms with Crippen LogP contribution < -0.4 is 0 Å². The molecule has 1 aromatic carbocycles. The van der Waals surface area contributed by atoms with E-state index in [4.69, 9.17) is 4.74 Å². The van der Waals surface area contributed by atoms with Crippen molar-refractivity contribution >= 4 is 12.0 Å². The summed E-state index contributed by atoms with van der Waals surface area (Å²) in [6.45, 7) is 6.74. The molecular formula is C19H27FN2O3. The van der Waals surface area contributed by atoms with Gasteiger partial charge in [-0.2, -0.15) is 0 Å². The van der Waals surface area contributed by atoms with Gasteiger partial charge in [-0.05, 0) is 39.7 Å². The molecule has 1 aliphatic rings. The Morgan fingerprint density at radius 2 is 1.84 bits per heavy atom. The molecule has 0 radical (unpaired) electrons. The fourth-order valence-electron chi connectivity index (χ4n) is 2.91. The van der Waals surface area contributed by atoms with E-state index in [1.165, 1.54) is 6.07 Å². The normalized spacial score (nSPS) is 15.8. The Balaban J connectivity index is 1.86. The van der Waals surface area contributed by atoms with E-state index in [2.05, 4.69) is 0 Å². The van der Waals surface area contributed by atoms with E-state index >= 15 is 0 Å². The van der Waals surface area contributed by atoms with Gasteiger partial charge in [0.15, 0.2) is 0 Å². The number of hydrogen-bond donors (Lipinski definition) is 0. The molecule has 0 unspecified atom stereocenters. The SMILES string of the molecule is CN(Cc1ccccc1F)C(=O)C1CCN(C(=O)OC(C)(C)C)CC1. The molecule has 2 rings (SSSR count). The molecule has 138 valence electrons. The van der Waals surface area contributed by atoms with Crippen molar-refractivity contribution in [3.8, 4) is 0 Å². The second-order valence-corrected chi connectivity index (χ2v) is 7.53. The summed E-state index contributed by atoms with van der Waals surface area (Å²) in [5.41, 5.74) is -0.0199. The minimum absolute atomic E-state index is 0.00732. The Kier molecular flexibility index (Phi) is 6.03. The van der Waals surface area contributed by atoms with Gasteiger partial charge in [0, 0.05) is 38.2 Å². The highest BCUT2D eigenvalue weighted by atomic mass is 19.1. The number of carbonyl (C=O) groups is 2. The van der Waals surface area contributed by atoms with Gasteiger partial charge in [-0.3, -0.25) is 4.79 Å². The molecule has 0 saturated carbocycles. The predicted octanol–water partition coefficient (Wildman–Crippen LogP) is 3.43. The summed E-state index contributed by atoms with van der Waals surface area (Å²) in [6.07, 6.45) is 0.859. The second kappa shape index (κ2) is 7.85. The summed E-state index contributed by atoms with van der Waals surface area (Å²) in [4.78, 5) is 27.9. The van der Waals surface area contributed by atoms with Crippen LogP contribution in [-0.2, 0) is 16.1 Å². The smallest absolute Gasteiger partial charge is 0.410 e. The van der Waals surface area contributed by atoms with E-state index in [0.717, 1.165) is 0 Å². The molecule has 5 nitrogen and oxygen atoms in total. The predicted molar refractivity (Wildman–Crippen MR) is 93.4 cm³/mol. The number of rotatable bonds is 3. The van der Waals surface area contributed by atoms with Crippen LogP contribution in [0, 0.1) is 11.7 Å². The highest BCUT2D eigenvalue weighted by Gasteiger charge is 2.31. The minimum atomic E-state index is -0.524. The molecule has 0 aromatic heterocycles. The fraction of sp³-hybridized carbons (Fsp3) is 0.579. The first-order valence-electron chi connectivity index (χ1n) is 8.63. The molecular weight excluding hydrogens is 323 g/mol. The van der Waals surface area contributed by atoms with Crippen molar-refractivity contribution in [2.24, 2.45) is 5.92 Å². The molecule has 0 atom stereocenters. The molecule has 1 fully saturated rings. The average Bonchev–Trinajstić information content (AvgIpc) is 2.55. The van der Waals surface area contributed by atoms with E-state index in [0.29, 0.717) is 31.5 Å². The topological polar surface area (TPSA) is 49.9 Å². The molecule has 0 spiro atoms. The number of carbonyl (C=O) groups excluding carboxylic acids is 2. The lowest BCUT2D eigenvalue weighted by atomic mass is 9.95. The van der Waals surface area contributed by atoms with Crippen LogP contribution in [0.2, 0.25) is 0 Å². The van der Waals surface area contributed by atoms with Gasteiger partial charge in [0.2, 0.25) is 5.91 Å². The highest BCUT2D eigenvalue weighted by molar-refractivity contribution is 5.79. The quantitative estimate of drug-likeness (QED) is 0.839. The lowest BCUT2D eigenvalue weighted by Gasteiger charge is -2.34. The van der Waals surface area contributed by atoms with E-state index in [9.17, 15) is 14.0 Å². The highest BCUT2D eigenvalue weighted by Crippen LogP contribution is 2.22. The van der Waals surface area contributed by atoms with Crippen LogP contribution in [0.3, 0.4) is 0 Å². The van der Waals surface area contributed by atoms with Crippen LogP contribution in [0.4, 0.5) is 9.18 Å². The first-order chi connectivity index (χ1) is 11.7. The summed E-state index contributed by atoms with van der Waals surface area (Å²) in [5.74, 6) is -0.454. The summed E-state index contributed by atoms with van der Waals surface area (Å²) in [5, 5.41) is 0. The number of benzene rings is 1. The summed E-state index contributed by atoms with van der Waals surface area (Å²) < 4.78 is 19.1. The van der Waals surface area contributed by atoms with Crippen LogP contribution >= 0.6 is 0 Å². The third kappa shape index (κ3) is 5.44. The van der Waals surface area contributed by atoms with Gasteiger partial charge < -0.3 is 14.5 Å². The van der Waals surface area contributed by atoms with Crippen molar-refractivity contribution in [2.45, 2.75) is 45.8 Å². The third-order valence-electron chi connectivity index (χ3n) is 4.24. The molecule has 0 N–H and O–H groups in total. The molecule has 2 amide bonds. The van der Waals surface area contributed by atoms with Gasteiger partial charge in [0.1, 0.15) is 11.4 Å². The van der Waals surface area contributed by atoms with Crippen LogP contribution in [0.1, 0.15) is 39.2 Å². The van der Waals surface area contributed by atoms with Crippen molar-refractivity contribution in [1.29, 1.82) is 0 Å².